The number of carbonyl (C=O) groups is 2. The second-order valence-electron chi connectivity index (χ2n) is 6.58. The average Bonchev–Trinajstić information content (AvgIpc) is 2.61. The predicted molar refractivity (Wildman–Crippen MR) is 105 cm³/mol. The van der Waals surface area contributed by atoms with Gasteiger partial charge in [-0.3, -0.25) is 9.59 Å². The molecule has 0 amide bonds. The van der Waals surface area contributed by atoms with Gasteiger partial charge in [-0.25, -0.2) is 0 Å². The lowest BCUT2D eigenvalue weighted by atomic mass is 10.1. The molecule has 1 aromatic rings. The van der Waals surface area contributed by atoms with Crippen molar-refractivity contribution in [1.82, 2.24) is 0 Å². The molecule has 0 spiro atoms. The zero-order chi connectivity index (χ0) is 19.2. The van der Waals surface area contributed by atoms with Crippen molar-refractivity contribution in [3.63, 3.8) is 0 Å². The van der Waals surface area contributed by atoms with E-state index in [0.29, 0.717) is 36.6 Å². The first-order valence-corrected chi connectivity index (χ1v) is 10.0. The molecule has 26 heavy (non-hydrogen) atoms. The Morgan fingerprint density at radius 3 is 2.27 bits per heavy atom. The molecule has 0 aliphatic heterocycles. The Labute approximate surface area is 162 Å². The highest BCUT2D eigenvalue weighted by atomic mass is 35.5. The molecule has 0 aliphatic carbocycles. The predicted octanol–water partition coefficient (Wildman–Crippen LogP) is 6.02. The van der Waals surface area contributed by atoms with E-state index in [1.54, 1.807) is 18.2 Å². The maximum Gasteiger partial charge on any atom is 0.311 e. The van der Waals surface area contributed by atoms with Gasteiger partial charge < -0.3 is 9.47 Å². The van der Waals surface area contributed by atoms with Crippen molar-refractivity contribution >= 4 is 23.5 Å². The van der Waals surface area contributed by atoms with Gasteiger partial charge in [0.25, 0.3) is 0 Å². The molecule has 0 radical (unpaired) electrons. The van der Waals surface area contributed by atoms with Crippen LogP contribution < -0.4 is 4.74 Å². The molecular formula is C21H31ClO4. The molecule has 0 bridgehead atoms. The Morgan fingerprint density at radius 2 is 1.58 bits per heavy atom. The standard InChI is InChI=1S/C21H31ClO4/c1-3-4-5-6-10-15-25-20(23)11-8-7-9-12-21(24)26-18-13-14-19(22)17(2)16-18/h13-14,16H,3-12,15H2,1-2H3. The Kier molecular flexibility index (Phi) is 11.8. The molecule has 0 N–H and O–H groups in total. The van der Waals surface area contributed by atoms with Crippen molar-refractivity contribution < 1.29 is 19.1 Å². The monoisotopic (exact) mass is 382 g/mol. The molecule has 0 aromatic heterocycles. The number of unbranched alkanes of at least 4 members (excludes halogenated alkanes) is 6. The number of esters is 2. The summed E-state index contributed by atoms with van der Waals surface area (Å²) >= 11 is 5.94. The van der Waals surface area contributed by atoms with Crippen LogP contribution in [-0.4, -0.2) is 18.5 Å². The fourth-order valence-electron chi connectivity index (χ4n) is 2.54. The van der Waals surface area contributed by atoms with Crippen LogP contribution >= 0.6 is 11.6 Å². The highest BCUT2D eigenvalue weighted by molar-refractivity contribution is 6.31. The van der Waals surface area contributed by atoms with Gasteiger partial charge in [0.15, 0.2) is 0 Å². The van der Waals surface area contributed by atoms with Crippen LogP contribution in [0.15, 0.2) is 18.2 Å². The third-order valence-electron chi connectivity index (χ3n) is 4.13. The van der Waals surface area contributed by atoms with Crippen LogP contribution in [0.1, 0.15) is 76.7 Å². The van der Waals surface area contributed by atoms with E-state index in [9.17, 15) is 9.59 Å². The average molecular weight is 383 g/mol. The molecule has 5 heteroatoms. The van der Waals surface area contributed by atoms with Gasteiger partial charge in [0.05, 0.1) is 6.61 Å². The van der Waals surface area contributed by atoms with Gasteiger partial charge in [0.2, 0.25) is 0 Å². The van der Waals surface area contributed by atoms with Crippen LogP contribution in [0.5, 0.6) is 5.75 Å². The van der Waals surface area contributed by atoms with E-state index in [0.717, 1.165) is 31.2 Å². The van der Waals surface area contributed by atoms with Crippen LogP contribution in [0.25, 0.3) is 0 Å². The molecule has 146 valence electrons. The summed E-state index contributed by atoms with van der Waals surface area (Å²) in [4.78, 5) is 23.4. The largest absolute Gasteiger partial charge is 0.466 e. The minimum absolute atomic E-state index is 0.139. The second-order valence-corrected chi connectivity index (χ2v) is 6.99. The van der Waals surface area contributed by atoms with Gasteiger partial charge in [0, 0.05) is 17.9 Å². The molecule has 0 saturated heterocycles. The zero-order valence-corrected chi connectivity index (χ0v) is 16.8. The first-order valence-electron chi connectivity index (χ1n) is 9.65. The minimum atomic E-state index is -0.263. The number of benzene rings is 1. The van der Waals surface area contributed by atoms with Crippen LogP contribution in [0.2, 0.25) is 5.02 Å². The second kappa shape index (κ2) is 13.6. The summed E-state index contributed by atoms with van der Waals surface area (Å²) in [5.74, 6) is 0.112. The highest BCUT2D eigenvalue weighted by Crippen LogP contribution is 2.21. The van der Waals surface area contributed by atoms with Crippen LogP contribution in [0.3, 0.4) is 0 Å². The fraction of sp³-hybridized carbons (Fsp3) is 0.619. The summed E-state index contributed by atoms with van der Waals surface area (Å²) in [6.45, 7) is 4.57. The number of rotatable bonds is 13. The van der Waals surface area contributed by atoms with Crippen LogP contribution in [0.4, 0.5) is 0 Å². The van der Waals surface area contributed by atoms with E-state index in [-0.39, 0.29) is 11.9 Å². The summed E-state index contributed by atoms with van der Waals surface area (Å²) in [7, 11) is 0. The van der Waals surface area contributed by atoms with Gasteiger partial charge in [-0.2, -0.15) is 0 Å². The van der Waals surface area contributed by atoms with E-state index in [4.69, 9.17) is 21.1 Å². The van der Waals surface area contributed by atoms with E-state index < -0.39 is 0 Å². The number of hydrogen-bond acceptors (Lipinski definition) is 4. The Hall–Kier alpha value is -1.55. The number of hydrogen-bond donors (Lipinski definition) is 0. The topological polar surface area (TPSA) is 52.6 Å². The SMILES string of the molecule is CCCCCCCOC(=O)CCCCCC(=O)Oc1ccc(Cl)c(C)c1. The molecular weight excluding hydrogens is 352 g/mol. The number of carbonyl (C=O) groups excluding carboxylic acids is 2. The number of ether oxygens (including phenoxy) is 2. The lowest BCUT2D eigenvalue weighted by Crippen LogP contribution is -2.08. The summed E-state index contributed by atoms with van der Waals surface area (Å²) in [6, 6.07) is 5.15. The van der Waals surface area contributed by atoms with Gasteiger partial charge in [-0.1, -0.05) is 50.6 Å². The van der Waals surface area contributed by atoms with Crippen molar-refractivity contribution in [3.05, 3.63) is 28.8 Å². The van der Waals surface area contributed by atoms with E-state index in [1.807, 2.05) is 6.92 Å². The molecule has 0 heterocycles. The van der Waals surface area contributed by atoms with Gasteiger partial charge in [-0.15, -0.1) is 0 Å². The fourth-order valence-corrected chi connectivity index (χ4v) is 2.66. The van der Waals surface area contributed by atoms with E-state index >= 15 is 0 Å². The lowest BCUT2D eigenvalue weighted by molar-refractivity contribution is -0.143. The summed E-state index contributed by atoms with van der Waals surface area (Å²) in [5.41, 5.74) is 0.876. The number of aryl methyl sites for hydroxylation is 1. The van der Waals surface area contributed by atoms with Crippen molar-refractivity contribution in [2.75, 3.05) is 6.61 Å². The first kappa shape index (κ1) is 22.5. The zero-order valence-electron chi connectivity index (χ0n) is 16.0. The van der Waals surface area contributed by atoms with Crippen molar-refractivity contribution in [3.8, 4) is 5.75 Å². The highest BCUT2D eigenvalue weighted by Gasteiger charge is 2.07. The van der Waals surface area contributed by atoms with Crippen molar-refractivity contribution in [1.29, 1.82) is 0 Å². The molecule has 1 rings (SSSR count). The smallest absolute Gasteiger partial charge is 0.311 e. The summed E-state index contributed by atoms with van der Waals surface area (Å²) in [5, 5.41) is 0.651. The van der Waals surface area contributed by atoms with Gasteiger partial charge >= 0.3 is 11.9 Å². The maximum atomic E-state index is 11.8. The van der Waals surface area contributed by atoms with E-state index in [2.05, 4.69) is 6.92 Å². The summed E-state index contributed by atoms with van der Waals surface area (Å²) < 4.78 is 10.5. The molecule has 0 atom stereocenters. The van der Waals surface area contributed by atoms with Crippen LogP contribution in [0, 0.1) is 6.92 Å². The Balaban J connectivity index is 2.03. The minimum Gasteiger partial charge on any atom is -0.466 e. The number of halogens is 1. The quantitative estimate of drug-likeness (QED) is 0.238. The third kappa shape index (κ3) is 10.4. The lowest BCUT2D eigenvalue weighted by Gasteiger charge is -2.06. The molecule has 0 unspecified atom stereocenters. The van der Waals surface area contributed by atoms with Crippen molar-refractivity contribution in [2.24, 2.45) is 0 Å². The Morgan fingerprint density at radius 1 is 0.923 bits per heavy atom. The molecule has 0 fully saturated rings. The van der Waals surface area contributed by atoms with Gasteiger partial charge in [0.1, 0.15) is 5.75 Å². The van der Waals surface area contributed by atoms with Crippen molar-refractivity contribution in [2.45, 2.75) is 78.1 Å². The molecule has 0 aliphatic rings. The van der Waals surface area contributed by atoms with Crippen LogP contribution in [-0.2, 0) is 14.3 Å². The normalized spacial score (nSPS) is 10.6. The third-order valence-corrected chi connectivity index (χ3v) is 4.56. The van der Waals surface area contributed by atoms with E-state index in [1.165, 1.54) is 19.3 Å². The maximum absolute atomic E-state index is 11.8. The first-order chi connectivity index (χ1) is 12.5. The Bertz CT molecular complexity index is 557. The summed E-state index contributed by atoms with van der Waals surface area (Å²) in [6.07, 6.45) is 8.74. The molecule has 0 saturated carbocycles. The molecule has 1 aromatic carbocycles. The molecule has 4 nitrogen and oxygen atoms in total. The van der Waals surface area contributed by atoms with Gasteiger partial charge in [-0.05, 0) is 49.9 Å².